The number of nitrogens with zero attached hydrogens (tertiary/aromatic N) is 1. The Morgan fingerprint density at radius 3 is 2.30 bits per heavy atom. The lowest BCUT2D eigenvalue weighted by Crippen LogP contribution is -2.41. The van der Waals surface area contributed by atoms with Crippen molar-refractivity contribution in [3.63, 3.8) is 0 Å². The largest absolute Gasteiger partial charge is 0.341 e. The summed E-state index contributed by atoms with van der Waals surface area (Å²) in [6, 6.07) is 14.4. The van der Waals surface area contributed by atoms with Crippen LogP contribution in [0.2, 0.25) is 0 Å². The molecule has 0 aliphatic carbocycles. The fourth-order valence-corrected chi connectivity index (χ4v) is 4.39. The molecule has 2 rings (SSSR count). The molecule has 0 saturated carbocycles. The van der Waals surface area contributed by atoms with Crippen molar-refractivity contribution >= 4 is 15.7 Å². The van der Waals surface area contributed by atoms with Crippen molar-refractivity contribution in [2.24, 2.45) is 11.7 Å². The lowest BCUT2D eigenvalue weighted by atomic mass is 10.1. The van der Waals surface area contributed by atoms with E-state index < -0.39 is 21.6 Å². The Bertz CT molecular complexity index is 839. The highest BCUT2D eigenvalue weighted by atomic mass is 32.2. The zero-order valence-electron chi connectivity index (χ0n) is 15.3. The van der Waals surface area contributed by atoms with E-state index in [1.807, 2.05) is 30.3 Å². The summed E-state index contributed by atoms with van der Waals surface area (Å²) in [5, 5.41) is 0. The first kappa shape index (κ1) is 21.1. The van der Waals surface area contributed by atoms with Crippen molar-refractivity contribution in [2.45, 2.75) is 18.2 Å². The molecule has 27 heavy (non-hydrogen) atoms. The number of amides is 1. The molecular formula is C20H25FN2O3S. The molecule has 0 fully saturated rings. The molecular weight excluding hydrogens is 367 g/mol. The minimum absolute atomic E-state index is 0.0122. The Morgan fingerprint density at radius 1 is 1.07 bits per heavy atom. The first-order chi connectivity index (χ1) is 12.8. The molecule has 0 aliphatic heterocycles. The molecule has 146 valence electrons. The fraction of sp³-hybridized carbons (Fsp3) is 0.350. The third-order valence-corrected chi connectivity index (χ3v) is 6.22. The quantitative estimate of drug-likeness (QED) is 0.664. The molecule has 0 aromatic heterocycles. The summed E-state index contributed by atoms with van der Waals surface area (Å²) in [6.45, 7) is 2.74. The van der Waals surface area contributed by atoms with Crippen LogP contribution in [-0.2, 0) is 21.1 Å². The Balaban J connectivity index is 2.04. The van der Waals surface area contributed by atoms with Crippen molar-refractivity contribution in [1.82, 2.24) is 4.90 Å². The third kappa shape index (κ3) is 6.15. The zero-order chi connectivity index (χ0) is 19.9. The second-order valence-electron chi connectivity index (χ2n) is 6.49. The summed E-state index contributed by atoms with van der Waals surface area (Å²) < 4.78 is 38.0. The summed E-state index contributed by atoms with van der Waals surface area (Å²) in [5.41, 5.74) is 6.72. The Hall–Kier alpha value is -2.25. The monoisotopic (exact) mass is 392 g/mol. The van der Waals surface area contributed by atoms with E-state index in [1.54, 1.807) is 11.8 Å². The topological polar surface area (TPSA) is 80.5 Å². The molecule has 2 N–H and O–H groups in total. The molecule has 1 amide bonds. The van der Waals surface area contributed by atoms with Gasteiger partial charge in [0, 0.05) is 25.6 Å². The fourth-order valence-electron chi connectivity index (χ4n) is 2.85. The van der Waals surface area contributed by atoms with Gasteiger partial charge in [0.25, 0.3) is 0 Å². The molecule has 0 saturated heterocycles. The Kier molecular flexibility index (Phi) is 7.50. The second-order valence-corrected chi connectivity index (χ2v) is 8.52. The molecule has 2 aromatic carbocycles. The second kappa shape index (κ2) is 9.62. The predicted molar refractivity (Wildman–Crippen MR) is 103 cm³/mol. The summed E-state index contributed by atoms with van der Waals surface area (Å²) >= 11 is 0. The van der Waals surface area contributed by atoms with Crippen molar-refractivity contribution in [2.75, 3.05) is 25.4 Å². The van der Waals surface area contributed by atoms with E-state index in [0.717, 1.165) is 17.7 Å². The van der Waals surface area contributed by atoms with Gasteiger partial charge in [-0.3, -0.25) is 4.79 Å². The number of carbonyl (C=O) groups excluding carboxylic acids is 1. The summed E-state index contributed by atoms with van der Waals surface area (Å²) in [7, 11) is -3.68. The van der Waals surface area contributed by atoms with Crippen molar-refractivity contribution in [3.8, 4) is 0 Å². The molecule has 1 atom stereocenters. The number of rotatable bonds is 9. The van der Waals surface area contributed by atoms with Crippen LogP contribution >= 0.6 is 0 Å². The Morgan fingerprint density at radius 2 is 1.70 bits per heavy atom. The van der Waals surface area contributed by atoms with Crippen LogP contribution < -0.4 is 5.73 Å². The summed E-state index contributed by atoms with van der Waals surface area (Å²) in [5.74, 6) is -1.80. The van der Waals surface area contributed by atoms with E-state index in [-0.39, 0.29) is 16.6 Å². The van der Waals surface area contributed by atoms with Crippen molar-refractivity contribution in [3.05, 3.63) is 66.0 Å². The van der Waals surface area contributed by atoms with Gasteiger partial charge >= 0.3 is 0 Å². The molecule has 0 spiro atoms. The average molecular weight is 392 g/mol. The van der Waals surface area contributed by atoms with Gasteiger partial charge in [0.15, 0.2) is 9.84 Å². The van der Waals surface area contributed by atoms with Gasteiger partial charge in [-0.15, -0.1) is 0 Å². The van der Waals surface area contributed by atoms with Gasteiger partial charge in [0.1, 0.15) is 5.82 Å². The minimum Gasteiger partial charge on any atom is -0.341 e. The number of nitrogens with two attached hydrogens (primary N) is 1. The van der Waals surface area contributed by atoms with Crippen LogP contribution in [0.4, 0.5) is 4.39 Å². The summed E-state index contributed by atoms with van der Waals surface area (Å²) in [4.78, 5) is 14.4. The first-order valence-electron chi connectivity index (χ1n) is 8.84. The van der Waals surface area contributed by atoms with Crippen LogP contribution in [-0.4, -0.2) is 44.6 Å². The van der Waals surface area contributed by atoms with Gasteiger partial charge < -0.3 is 10.6 Å². The lowest BCUT2D eigenvalue weighted by Gasteiger charge is -2.25. The number of carbonyl (C=O) groups is 1. The normalized spacial score (nSPS) is 12.6. The van der Waals surface area contributed by atoms with Crippen LogP contribution in [0, 0.1) is 11.7 Å². The molecule has 2 aromatic rings. The van der Waals surface area contributed by atoms with E-state index >= 15 is 0 Å². The van der Waals surface area contributed by atoms with E-state index in [9.17, 15) is 17.6 Å². The predicted octanol–water partition coefficient (Wildman–Crippen LogP) is 2.27. The summed E-state index contributed by atoms with van der Waals surface area (Å²) in [6.07, 6.45) is 0.671. The van der Waals surface area contributed by atoms with Gasteiger partial charge in [0.2, 0.25) is 5.91 Å². The molecule has 5 nitrogen and oxygen atoms in total. The minimum atomic E-state index is -3.68. The molecule has 7 heteroatoms. The van der Waals surface area contributed by atoms with Gasteiger partial charge in [-0.2, -0.15) is 0 Å². The number of hydrogen-bond donors (Lipinski definition) is 1. The van der Waals surface area contributed by atoms with Crippen molar-refractivity contribution in [1.29, 1.82) is 0 Å². The van der Waals surface area contributed by atoms with Crippen molar-refractivity contribution < 1.29 is 17.6 Å². The average Bonchev–Trinajstić information content (AvgIpc) is 2.65. The third-order valence-electron chi connectivity index (χ3n) is 4.29. The van der Waals surface area contributed by atoms with Crippen LogP contribution in [0.1, 0.15) is 12.5 Å². The van der Waals surface area contributed by atoms with Crippen LogP contribution in [0.5, 0.6) is 0 Å². The molecule has 0 aliphatic rings. The maximum atomic E-state index is 13.0. The van der Waals surface area contributed by atoms with Gasteiger partial charge in [-0.25, -0.2) is 12.8 Å². The highest BCUT2D eigenvalue weighted by Crippen LogP contribution is 2.16. The number of sulfone groups is 1. The van der Waals surface area contributed by atoms with Crippen LogP contribution in [0.3, 0.4) is 0 Å². The van der Waals surface area contributed by atoms with E-state index in [1.165, 1.54) is 12.1 Å². The maximum absolute atomic E-state index is 13.0. The van der Waals surface area contributed by atoms with Gasteiger partial charge in [0.05, 0.1) is 10.6 Å². The number of halogens is 1. The van der Waals surface area contributed by atoms with Gasteiger partial charge in [-0.1, -0.05) is 37.3 Å². The van der Waals surface area contributed by atoms with E-state index in [0.29, 0.717) is 26.1 Å². The number of hydrogen-bond acceptors (Lipinski definition) is 4. The standard InChI is InChI=1S/C20H25FN2O3S/c1-16(15-27(25,26)19-9-7-18(21)8-10-19)20(24)23(14-12-22)13-11-17-5-3-2-4-6-17/h2-10,16H,11-15,22H2,1H3. The zero-order valence-corrected chi connectivity index (χ0v) is 16.2. The molecule has 0 bridgehead atoms. The smallest absolute Gasteiger partial charge is 0.226 e. The maximum Gasteiger partial charge on any atom is 0.226 e. The molecule has 0 radical (unpaired) electrons. The lowest BCUT2D eigenvalue weighted by molar-refractivity contribution is -0.134. The first-order valence-corrected chi connectivity index (χ1v) is 10.5. The molecule has 0 heterocycles. The van der Waals surface area contributed by atoms with Crippen LogP contribution in [0.25, 0.3) is 0 Å². The highest BCUT2D eigenvalue weighted by Gasteiger charge is 2.26. The number of benzene rings is 2. The Labute approximate surface area is 159 Å². The SMILES string of the molecule is CC(CS(=O)(=O)c1ccc(F)cc1)C(=O)N(CCN)CCc1ccccc1. The highest BCUT2D eigenvalue weighted by molar-refractivity contribution is 7.91. The van der Waals surface area contributed by atoms with Crippen LogP contribution in [0.15, 0.2) is 59.5 Å². The van der Waals surface area contributed by atoms with Gasteiger partial charge in [-0.05, 0) is 36.2 Å². The molecule has 1 unspecified atom stereocenters. The van der Waals surface area contributed by atoms with E-state index in [4.69, 9.17) is 5.73 Å². The van der Waals surface area contributed by atoms with E-state index in [2.05, 4.69) is 0 Å².